The van der Waals surface area contributed by atoms with E-state index in [4.69, 9.17) is 21.1 Å². The number of hydrogen-bond donors (Lipinski definition) is 1. The van der Waals surface area contributed by atoms with Gasteiger partial charge in [-0.25, -0.2) is 0 Å². The molecule has 2 fully saturated rings. The number of rotatable bonds is 5. The Kier molecular flexibility index (Phi) is 6.26. The predicted molar refractivity (Wildman–Crippen MR) is 122 cm³/mol. The Balaban J connectivity index is 1.89. The first-order valence-electron chi connectivity index (χ1n) is 10.6. The Morgan fingerprint density at radius 3 is 2.56 bits per heavy atom. The number of carbonyl (C=O) groups is 2. The number of benzene rings is 2. The number of hydrogen-bond acceptors (Lipinski definition) is 5. The Labute approximate surface area is 192 Å². The number of ether oxygens (including phenoxy) is 2. The SMILES string of the molecule is COc1c(C)cc(C)cc1/C(O)=C1\C(=O)C(=O)N(CC2CCCO2)C1c1ccc(Cl)cc1. The molecule has 2 aromatic carbocycles. The van der Waals surface area contributed by atoms with Crippen LogP contribution < -0.4 is 4.74 Å². The molecule has 1 amide bonds. The molecule has 2 atom stereocenters. The molecule has 0 aliphatic carbocycles. The average molecular weight is 456 g/mol. The molecule has 0 radical (unpaired) electrons. The van der Waals surface area contributed by atoms with Crippen LogP contribution in [0.5, 0.6) is 5.75 Å². The fourth-order valence-corrected chi connectivity index (χ4v) is 4.74. The Hall–Kier alpha value is -2.83. The van der Waals surface area contributed by atoms with Gasteiger partial charge in [0.2, 0.25) is 0 Å². The van der Waals surface area contributed by atoms with Crippen LogP contribution in [0.1, 0.15) is 41.1 Å². The molecule has 1 N–H and O–H groups in total. The fraction of sp³-hybridized carbons (Fsp3) is 0.360. The quantitative estimate of drug-likeness (QED) is 0.406. The van der Waals surface area contributed by atoms with E-state index in [2.05, 4.69) is 0 Å². The van der Waals surface area contributed by atoms with Gasteiger partial charge in [0.1, 0.15) is 11.5 Å². The second-order valence-corrected chi connectivity index (χ2v) is 8.74. The second-order valence-electron chi connectivity index (χ2n) is 8.30. The van der Waals surface area contributed by atoms with E-state index in [1.54, 1.807) is 30.3 Å². The zero-order chi connectivity index (χ0) is 23.0. The summed E-state index contributed by atoms with van der Waals surface area (Å²) < 4.78 is 11.2. The molecule has 6 nitrogen and oxygen atoms in total. The number of likely N-dealkylation sites (tertiary alicyclic amines) is 1. The minimum atomic E-state index is -0.748. The second kappa shape index (κ2) is 8.96. The summed E-state index contributed by atoms with van der Waals surface area (Å²) in [7, 11) is 1.52. The van der Waals surface area contributed by atoms with Gasteiger partial charge in [-0.2, -0.15) is 0 Å². The standard InChI is InChI=1S/C25H26ClNO5/c1-14-11-15(2)24(31-3)19(12-14)22(28)20-21(16-6-8-17(26)9-7-16)27(25(30)23(20)29)13-18-5-4-10-32-18/h6-9,11-12,18,21,28H,4-5,10,13H2,1-3H3/b22-20+. The largest absolute Gasteiger partial charge is 0.507 e. The number of methoxy groups -OCH3 is 1. The summed E-state index contributed by atoms with van der Waals surface area (Å²) in [6, 6.07) is 9.90. The average Bonchev–Trinajstić information content (AvgIpc) is 3.36. The van der Waals surface area contributed by atoms with Crippen LogP contribution in [-0.2, 0) is 14.3 Å². The molecule has 0 bridgehead atoms. The van der Waals surface area contributed by atoms with Gasteiger partial charge in [-0.15, -0.1) is 0 Å². The number of nitrogens with zero attached hydrogens (tertiary/aromatic N) is 1. The van der Waals surface area contributed by atoms with Gasteiger partial charge >= 0.3 is 0 Å². The van der Waals surface area contributed by atoms with Crippen molar-refractivity contribution >= 4 is 29.1 Å². The van der Waals surface area contributed by atoms with E-state index < -0.39 is 17.7 Å². The highest BCUT2D eigenvalue weighted by Gasteiger charge is 2.47. The van der Waals surface area contributed by atoms with Gasteiger partial charge in [0.05, 0.1) is 30.4 Å². The summed E-state index contributed by atoms with van der Waals surface area (Å²) in [5.74, 6) is -1.15. The van der Waals surface area contributed by atoms with Crippen molar-refractivity contribution in [2.45, 2.75) is 38.8 Å². The number of Topliss-reactive ketones (excluding diaryl/α,β-unsaturated/α-hetero) is 1. The number of aryl methyl sites for hydroxylation is 2. The number of halogens is 1. The van der Waals surface area contributed by atoms with E-state index in [0.717, 1.165) is 24.0 Å². The molecule has 4 rings (SSSR count). The van der Waals surface area contributed by atoms with Crippen LogP contribution in [0.3, 0.4) is 0 Å². The van der Waals surface area contributed by atoms with E-state index in [-0.39, 0.29) is 24.0 Å². The smallest absolute Gasteiger partial charge is 0.295 e. The lowest BCUT2D eigenvalue weighted by Crippen LogP contribution is -2.36. The summed E-state index contributed by atoms with van der Waals surface area (Å²) in [5.41, 5.74) is 2.85. The van der Waals surface area contributed by atoms with Gasteiger partial charge in [-0.1, -0.05) is 29.8 Å². The molecule has 2 aromatic rings. The minimum Gasteiger partial charge on any atom is -0.507 e. The van der Waals surface area contributed by atoms with Crippen LogP contribution >= 0.6 is 11.6 Å². The topological polar surface area (TPSA) is 76.1 Å². The molecular formula is C25H26ClNO5. The predicted octanol–water partition coefficient (Wildman–Crippen LogP) is 4.57. The molecule has 2 aliphatic heterocycles. The normalized spacial score (nSPS) is 22.6. The molecular weight excluding hydrogens is 430 g/mol. The van der Waals surface area contributed by atoms with Crippen LogP contribution in [0.25, 0.3) is 5.76 Å². The zero-order valence-electron chi connectivity index (χ0n) is 18.4. The lowest BCUT2D eigenvalue weighted by Gasteiger charge is -2.27. The molecule has 2 aliphatic rings. The number of aliphatic hydroxyl groups excluding tert-OH is 1. The fourth-order valence-electron chi connectivity index (χ4n) is 4.61. The van der Waals surface area contributed by atoms with Crippen molar-refractivity contribution in [3.63, 3.8) is 0 Å². The molecule has 168 valence electrons. The van der Waals surface area contributed by atoms with E-state index in [0.29, 0.717) is 28.5 Å². The van der Waals surface area contributed by atoms with Gasteiger partial charge in [-0.3, -0.25) is 9.59 Å². The van der Waals surface area contributed by atoms with E-state index >= 15 is 0 Å². The molecule has 0 aromatic heterocycles. The van der Waals surface area contributed by atoms with Crippen molar-refractivity contribution in [1.29, 1.82) is 0 Å². The lowest BCUT2D eigenvalue weighted by atomic mass is 9.93. The van der Waals surface area contributed by atoms with Gasteiger partial charge < -0.3 is 19.5 Å². The zero-order valence-corrected chi connectivity index (χ0v) is 19.1. The number of carbonyl (C=O) groups excluding carboxylic acids is 2. The summed E-state index contributed by atoms with van der Waals surface area (Å²) >= 11 is 6.07. The van der Waals surface area contributed by atoms with Crippen LogP contribution in [-0.4, -0.2) is 48.1 Å². The van der Waals surface area contributed by atoms with Crippen molar-refractivity contribution in [3.8, 4) is 5.75 Å². The highest BCUT2D eigenvalue weighted by atomic mass is 35.5. The number of ketones is 1. The first-order valence-corrected chi connectivity index (χ1v) is 11.0. The van der Waals surface area contributed by atoms with Crippen molar-refractivity contribution in [3.05, 3.63) is 69.2 Å². The monoisotopic (exact) mass is 455 g/mol. The summed E-state index contributed by atoms with van der Waals surface area (Å²) in [6.07, 6.45) is 1.60. The Morgan fingerprint density at radius 1 is 1.22 bits per heavy atom. The van der Waals surface area contributed by atoms with Crippen LogP contribution in [0.4, 0.5) is 0 Å². The van der Waals surface area contributed by atoms with E-state index in [1.165, 1.54) is 12.0 Å². The first-order chi connectivity index (χ1) is 15.3. The maximum absolute atomic E-state index is 13.2. The highest BCUT2D eigenvalue weighted by molar-refractivity contribution is 6.46. The molecule has 32 heavy (non-hydrogen) atoms. The molecule has 7 heteroatoms. The maximum atomic E-state index is 13.2. The van der Waals surface area contributed by atoms with Gasteiger partial charge in [0.25, 0.3) is 11.7 Å². The number of aliphatic hydroxyl groups is 1. The number of amides is 1. The first kappa shape index (κ1) is 22.4. The third-order valence-electron chi connectivity index (χ3n) is 6.03. The molecule has 2 unspecified atom stereocenters. The molecule has 0 spiro atoms. The third-order valence-corrected chi connectivity index (χ3v) is 6.28. The summed E-state index contributed by atoms with van der Waals surface area (Å²) in [5, 5.41) is 11.9. The Morgan fingerprint density at radius 2 is 1.94 bits per heavy atom. The van der Waals surface area contributed by atoms with E-state index in [1.807, 2.05) is 19.9 Å². The molecule has 2 heterocycles. The Bertz CT molecular complexity index is 1090. The minimum absolute atomic E-state index is 0.0404. The molecule has 2 saturated heterocycles. The van der Waals surface area contributed by atoms with Crippen molar-refractivity contribution in [2.24, 2.45) is 0 Å². The van der Waals surface area contributed by atoms with Crippen molar-refractivity contribution in [1.82, 2.24) is 4.90 Å². The van der Waals surface area contributed by atoms with Gasteiger partial charge in [0, 0.05) is 18.2 Å². The highest BCUT2D eigenvalue weighted by Crippen LogP contribution is 2.42. The van der Waals surface area contributed by atoms with Crippen molar-refractivity contribution < 1.29 is 24.2 Å². The van der Waals surface area contributed by atoms with E-state index in [9.17, 15) is 14.7 Å². The summed E-state index contributed by atoms with van der Waals surface area (Å²) in [6.45, 7) is 4.68. The maximum Gasteiger partial charge on any atom is 0.295 e. The van der Waals surface area contributed by atoms with Crippen LogP contribution in [0.2, 0.25) is 5.02 Å². The van der Waals surface area contributed by atoms with Gasteiger partial charge in [0.15, 0.2) is 0 Å². The summed E-state index contributed by atoms with van der Waals surface area (Å²) in [4.78, 5) is 27.8. The van der Waals surface area contributed by atoms with Crippen LogP contribution in [0, 0.1) is 13.8 Å². The van der Waals surface area contributed by atoms with Gasteiger partial charge in [-0.05, 0) is 61.6 Å². The van der Waals surface area contributed by atoms with Crippen molar-refractivity contribution in [2.75, 3.05) is 20.3 Å². The van der Waals surface area contributed by atoms with Crippen LogP contribution in [0.15, 0.2) is 42.0 Å². The lowest BCUT2D eigenvalue weighted by molar-refractivity contribution is -0.140. The molecule has 0 saturated carbocycles. The third kappa shape index (κ3) is 4.00.